The zero-order valence-electron chi connectivity index (χ0n) is 9.92. The van der Waals surface area contributed by atoms with Crippen molar-refractivity contribution >= 4 is 11.9 Å². The molecule has 18 heavy (non-hydrogen) atoms. The largest absolute Gasteiger partial charge is 0.484 e. The minimum absolute atomic E-state index is 0.298. The lowest BCUT2D eigenvalue weighted by Gasteiger charge is -2.12. The maximum absolute atomic E-state index is 11.4. The molecule has 0 heterocycles. The Labute approximate surface area is 104 Å². The third kappa shape index (κ3) is 4.42. The third-order valence-electron chi connectivity index (χ3n) is 2.18. The summed E-state index contributed by atoms with van der Waals surface area (Å²) in [5.74, 6) is -1.36. The summed E-state index contributed by atoms with van der Waals surface area (Å²) >= 11 is 0. The molecule has 1 atom stereocenters. The molecule has 0 bridgehead atoms. The zero-order valence-corrected chi connectivity index (χ0v) is 9.92. The molecule has 1 amide bonds. The quantitative estimate of drug-likeness (QED) is 0.660. The molecule has 0 unspecified atom stereocenters. The van der Waals surface area contributed by atoms with E-state index in [9.17, 15) is 9.59 Å². The highest BCUT2D eigenvalue weighted by Gasteiger charge is 2.18. The fraction of sp³-hybridized carbons (Fsp3) is 0.333. The van der Waals surface area contributed by atoms with Crippen LogP contribution in [0.5, 0.6) is 5.75 Å². The average Bonchev–Trinajstić information content (AvgIpc) is 2.33. The van der Waals surface area contributed by atoms with Crippen molar-refractivity contribution in [3.63, 3.8) is 0 Å². The van der Waals surface area contributed by atoms with Crippen LogP contribution in [0.4, 0.5) is 0 Å². The summed E-state index contributed by atoms with van der Waals surface area (Å²) in [5.41, 5.74) is 0.992. The molecule has 1 rings (SSSR count). The number of ether oxygens (including phenoxy) is 1. The lowest BCUT2D eigenvalue weighted by Crippen LogP contribution is -2.45. The van der Waals surface area contributed by atoms with Gasteiger partial charge in [-0.3, -0.25) is 4.79 Å². The van der Waals surface area contributed by atoms with Crippen molar-refractivity contribution in [2.24, 2.45) is 0 Å². The maximum atomic E-state index is 11.4. The Bertz CT molecular complexity index is 432. The van der Waals surface area contributed by atoms with Crippen molar-refractivity contribution in [2.45, 2.75) is 13.0 Å². The molecule has 0 saturated carbocycles. The summed E-state index contributed by atoms with van der Waals surface area (Å²) in [6.45, 7) is 0.928. The van der Waals surface area contributed by atoms with Gasteiger partial charge in [-0.2, -0.15) is 0 Å². The van der Waals surface area contributed by atoms with Crippen LogP contribution in [0.15, 0.2) is 24.3 Å². The molecular formula is C12H15NO5. The minimum Gasteiger partial charge on any atom is -0.484 e. The molecule has 0 aliphatic rings. The van der Waals surface area contributed by atoms with E-state index in [-0.39, 0.29) is 6.61 Å². The molecule has 0 fully saturated rings. The number of carboxylic acids is 1. The molecule has 98 valence electrons. The van der Waals surface area contributed by atoms with E-state index >= 15 is 0 Å². The standard InChI is InChI=1S/C12H15NO5/c1-8-3-2-4-9(5-8)18-7-11(15)13-10(6-14)12(16)17/h2-5,10,14H,6-7H2,1H3,(H,13,15)(H,16,17)/t10-/m0/s1. The number of aliphatic hydroxyl groups excluding tert-OH is 1. The molecule has 3 N–H and O–H groups in total. The van der Waals surface area contributed by atoms with Crippen LogP contribution < -0.4 is 10.1 Å². The third-order valence-corrected chi connectivity index (χ3v) is 2.18. The fourth-order valence-electron chi connectivity index (χ4n) is 1.28. The van der Waals surface area contributed by atoms with Crippen LogP contribution in [0.2, 0.25) is 0 Å². The van der Waals surface area contributed by atoms with Crippen LogP contribution in [-0.2, 0) is 9.59 Å². The maximum Gasteiger partial charge on any atom is 0.328 e. The van der Waals surface area contributed by atoms with E-state index in [0.717, 1.165) is 5.56 Å². The second-order valence-electron chi connectivity index (χ2n) is 3.75. The lowest BCUT2D eigenvalue weighted by atomic mass is 10.2. The Morgan fingerprint density at radius 1 is 1.44 bits per heavy atom. The molecule has 0 radical (unpaired) electrons. The van der Waals surface area contributed by atoms with Crippen molar-refractivity contribution in [1.82, 2.24) is 5.32 Å². The van der Waals surface area contributed by atoms with Gasteiger partial charge in [0.25, 0.3) is 5.91 Å². The smallest absolute Gasteiger partial charge is 0.328 e. The Morgan fingerprint density at radius 2 is 2.17 bits per heavy atom. The normalized spacial score (nSPS) is 11.7. The van der Waals surface area contributed by atoms with E-state index in [1.54, 1.807) is 18.2 Å². The van der Waals surface area contributed by atoms with Gasteiger partial charge < -0.3 is 20.3 Å². The number of aryl methyl sites for hydroxylation is 1. The van der Waals surface area contributed by atoms with Gasteiger partial charge in [0, 0.05) is 0 Å². The van der Waals surface area contributed by atoms with Gasteiger partial charge in [0.05, 0.1) is 6.61 Å². The molecular weight excluding hydrogens is 238 g/mol. The summed E-state index contributed by atoms with van der Waals surface area (Å²) < 4.78 is 5.19. The summed E-state index contributed by atoms with van der Waals surface area (Å²) in [7, 11) is 0. The molecule has 6 heteroatoms. The first-order valence-corrected chi connectivity index (χ1v) is 5.35. The molecule has 6 nitrogen and oxygen atoms in total. The SMILES string of the molecule is Cc1cccc(OCC(=O)N[C@@H](CO)C(=O)O)c1. The first-order chi connectivity index (χ1) is 8.52. The fourth-order valence-corrected chi connectivity index (χ4v) is 1.28. The number of aliphatic carboxylic acids is 1. The highest BCUT2D eigenvalue weighted by molar-refractivity contribution is 5.84. The van der Waals surface area contributed by atoms with Gasteiger partial charge in [-0.05, 0) is 24.6 Å². The molecule has 1 aromatic rings. The predicted octanol–water partition coefficient (Wildman–Crippen LogP) is -0.0645. The van der Waals surface area contributed by atoms with Gasteiger partial charge in [0.2, 0.25) is 0 Å². The number of aliphatic hydroxyl groups is 1. The van der Waals surface area contributed by atoms with Crippen LogP contribution in [0.1, 0.15) is 5.56 Å². The second kappa shape index (κ2) is 6.61. The Kier molecular flexibility index (Phi) is 5.13. The number of carbonyl (C=O) groups excluding carboxylic acids is 1. The number of hydrogen-bond donors (Lipinski definition) is 3. The summed E-state index contributed by atoms with van der Waals surface area (Å²) in [6, 6.07) is 5.82. The van der Waals surface area contributed by atoms with Crippen molar-refractivity contribution < 1.29 is 24.5 Å². The molecule has 0 aliphatic carbocycles. The Morgan fingerprint density at radius 3 is 2.72 bits per heavy atom. The monoisotopic (exact) mass is 253 g/mol. The van der Waals surface area contributed by atoms with Crippen molar-refractivity contribution in [3.05, 3.63) is 29.8 Å². The lowest BCUT2D eigenvalue weighted by molar-refractivity contribution is -0.143. The number of carbonyl (C=O) groups is 2. The highest BCUT2D eigenvalue weighted by Crippen LogP contribution is 2.11. The summed E-state index contributed by atoms with van der Waals surface area (Å²) in [6.07, 6.45) is 0. The Hall–Kier alpha value is -2.08. The average molecular weight is 253 g/mol. The van der Waals surface area contributed by atoms with Crippen LogP contribution >= 0.6 is 0 Å². The van der Waals surface area contributed by atoms with Gasteiger partial charge >= 0.3 is 5.97 Å². The van der Waals surface area contributed by atoms with Gasteiger partial charge in [-0.1, -0.05) is 12.1 Å². The minimum atomic E-state index is -1.31. The summed E-state index contributed by atoms with van der Waals surface area (Å²) in [5, 5.41) is 19.5. The molecule has 0 spiro atoms. The highest BCUT2D eigenvalue weighted by atomic mass is 16.5. The number of hydrogen-bond acceptors (Lipinski definition) is 4. The number of nitrogens with one attached hydrogen (secondary N) is 1. The second-order valence-corrected chi connectivity index (χ2v) is 3.75. The zero-order chi connectivity index (χ0) is 13.5. The van der Waals surface area contributed by atoms with E-state index < -0.39 is 24.5 Å². The van der Waals surface area contributed by atoms with E-state index in [1.165, 1.54) is 0 Å². The number of rotatable bonds is 6. The van der Waals surface area contributed by atoms with Gasteiger partial charge in [-0.25, -0.2) is 4.79 Å². The summed E-state index contributed by atoms with van der Waals surface area (Å²) in [4.78, 5) is 21.9. The van der Waals surface area contributed by atoms with Crippen LogP contribution in [0.25, 0.3) is 0 Å². The topological polar surface area (TPSA) is 95.9 Å². The van der Waals surface area contributed by atoms with Gasteiger partial charge in [0.15, 0.2) is 6.61 Å². The van der Waals surface area contributed by atoms with Crippen LogP contribution in [0, 0.1) is 6.92 Å². The molecule has 1 aromatic carbocycles. The first kappa shape index (κ1) is 14.0. The van der Waals surface area contributed by atoms with Gasteiger partial charge in [0.1, 0.15) is 11.8 Å². The van der Waals surface area contributed by atoms with Gasteiger partial charge in [-0.15, -0.1) is 0 Å². The van der Waals surface area contributed by atoms with Crippen molar-refractivity contribution in [3.8, 4) is 5.75 Å². The molecule has 0 saturated heterocycles. The van der Waals surface area contributed by atoms with Crippen molar-refractivity contribution in [2.75, 3.05) is 13.2 Å². The van der Waals surface area contributed by atoms with E-state index in [2.05, 4.69) is 5.32 Å². The molecule has 0 aromatic heterocycles. The van der Waals surface area contributed by atoms with Crippen molar-refractivity contribution in [1.29, 1.82) is 0 Å². The first-order valence-electron chi connectivity index (χ1n) is 5.35. The van der Waals surface area contributed by atoms with E-state index in [0.29, 0.717) is 5.75 Å². The number of amides is 1. The van der Waals surface area contributed by atoms with E-state index in [4.69, 9.17) is 14.9 Å². The number of benzene rings is 1. The number of carboxylic acid groups (broad SMARTS) is 1. The Balaban J connectivity index is 2.44. The van der Waals surface area contributed by atoms with E-state index in [1.807, 2.05) is 13.0 Å². The predicted molar refractivity (Wildman–Crippen MR) is 63.3 cm³/mol. The van der Waals surface area contributed by atoms with Crippen LogP contribution in [-0.4, -0.2) is 41.3 Å². The molecule has 0 aliphatic heterocycles. The van der Waals surface area contributed by atoms with Crippen LogP contribution in [0.3, 0.4) is 0 Å².